The highest BCUT2D eigenvalue weighted by Gasteiger charge is 2.10. The zero-order valence-electron chi connectivity index (χ0n) is 18.1. The third-order valence-electron chi connectivity index (χ3n) is 4.27. The smallest absolute Gasteiger partial charge is 0.228 e. The second-order valence-electron chi connectivity index (χ2n) is 7.11. The summed E-state index contributed by atoms with van der Waals surface area (Å²) in [5, 5.41) is 10.6. The van der Waals surface area contributed by atoms with Crippen LogP contribution in [0.2, 0.25) is 0 Å². The highest BCUT2D eigenvalue weighted by molar-refractivity contribution is 5.79. The molecule has 0 spiro atoms. The average molecular weight is 404 g/mol. The molecule has 0 saturated carbocycles. The minimum Gasteiger partial charge on any atom is -0.493 e. The molecular formula is C21H33N5O3. The predicted molar refractivity (Wildman–Crippen MR) is 113 cm³/mol. The Balaban J connectivity index is 1.83. The molecule has 8 heteroatoms. The highest BCUT2D eigenvalue weighted by Crippen LogP contribution is 2.20. The van der Waals surface area contributed by atoms with Gasteiger partial charge in [-0.3, -0.25) is 4.99 Å². The summed E-state index contributed by atoms with van der Waals surface area (Å²) in [5.74, 6) is 3.22. The van der Waals surface area contributed by atoms with Crippen LogP contribution in [-0.2, 0) is 17.7 Å². The first-order valence-electron chi connectivity index (χ1n) is 10.0. The zero-order chi connectivity index (χ0) is 21.1. The number of hydrogen-bond donors (Lipinski definition) is 2. The van der Waals surface area contributed by atoms with Crippen molar-refractivity contribution >= 4 is 5.96 Å². The molecular weight excluding hydrogens is 370 g/mol. The summed E-state index contributed by atoms with van der Waals surface area (Å²) in [5.41, 5.74) is 2.24. The number of nitrogens with zero attached hydrogens (tertiary/aromatic N) is 3. The molecule has 0 bridgehead atoms. The van der Waals surface area contributed by atoms with Crippen LogP contribution in [0.3, 0.4) is 0 Å². The Hall–Kier alpha value is -2.61. The van der Waals surface area contributed by atoms with Gasteiger partial charge in [-0.05, 0) is 18.6 Å². The van der Waals surface area contributed by atoms with Gasteiger partial charge in [-0.15, -0.1) is 0 Å². The lowest BCUT2D eigenvalue weighted by Gasteiger charge is -2.15. The van der Waals surface area contributed by atoms with Crippen molar-refractivity contribution in [3.8, 4) is 5.75 Å². The van der Waals surface area contributed by atoms with Gasteiger partial charge < -0.3 is 24.6 Å². The van der Waals surface area contributed by atoms with E-state index >= 15 is 0 Å². The molecule has 1 aromatic heterocycles. The van der Waals surface area contributed by atoms with Crippen molar-refractivity contribution in [2.24, 2.45) is 4.99 Å². The predicted octanol–water partition coefficient (Wildman–Crippen LogP) is 2.82. The molecule has 0 aliphatic rings. The Morgan fingerprint density at radius 1 is 1.24 bits per heavy atom. The third kappa shape index (κ3) is 7.73. The van der Waals surface area contributed by atoms with E-state index in [0.717, 1.165) is 23.6 Å². The van der Waals surface area contributed by atoms with E-state index in [1.54, 1.807) is 14.2 Å². The maximum absolute atomic E-state index is 5.94. The summed E-state index contributed by atoms with van der Waals surface area (Å²) in [7, 11) is 3.44. The Bertz CT molecular complexity index is 773. The fraction of sp³-hybridized carbons (Fsp3) is 0.571. The molecule has 0 aliphatic carbocycles. The number of hydrogen-bond acceptors (Lipinski definition) is 6. The quantitative estimate of drug-likeness (QED) is 0.338. The molecule has 0 aliphatic heterocycles. The second-order valence-corrected chi connectivity index (χ2v) is 7.11. The Kier molecular flexibility index (Phi) is 9.43. The molecule has 160 valence electrons. The van der Waals surface area contributed by atoms with Crippen molar-refractivity contribution in [3.05, 3.63) is 41.0 Å². The van der Waals surface area contributed by atoms with Crippen molar-refractivity contribution in [3.63, 3.8) is 0 Å². The average Bonchev–Trinajstić information content (AvgIpc) is 3.18. The molecule has 0 saturated heterocycles. The van der Waals surface area contributed by atoms with Crippen molar-refractivity contribution in [1.29, 1.82) is 0 Å². The molecule has 2 aromatic rings. The van der Waals surface area contributed by atoms with Gasteiger partial charge in [-0.1, -0.05) is 31.1 Å². The maximum Gasteiger partial charge on any atom is 0.228 e. The molecule has 0 amide bonds. The van der Waals surface area contributed by atoms with E-state index in [9.17, 15) is 0 Å². The van der Waals surface area contributed by atoms with E-state index in [1.807, 2.05) is 13.8 Å². The molecule has 0 fully saturated rings. The van der Waals surface area contributed by atoms with E-state index in [0.29, 0.717) is 44.6 Å². The first-order valence-corrected chi connectivity index (χ1v) is 10.0. The Morgan fingerprint density at radius 2 is 2.07 bits per heavy atom. The van der Waals surface area contributed by atoms with Gasteiger partial charge in [0.15, 0.2) is 11.8 Å². The first kappa shape index (κ1) is 22.7. The molecule has 2 rings (SSSR count). The standard InChI is InChI=1S/C21H33N5O3/c1-15(2)20-25-19(29-26-20)9-10-23-21(22-4)24-14-17-8-7-16(3)13-18(17)28-12-6-11-27-5/h7-8,13,15H,6,9-12,14H2,1-5H3,(H2,22,23,24). The molecule has 0 unspecified atom stereocenters. The lowest BCUT2D eigenvalue weighted by molar-refractivity contribution is 0.172. The van der Waals surface area contributed by atoms with Crippen molar-refractivity contribution < 1.29 is 14.0 Å². The maximum atomic E-state index is 5.94. The van der Waals surface area contributed by atoms with Gasteiger partial charge in [0.25, 0.3) is 0 Å². The molecule has 29 heavy (non-hydrogen) atoms. The normalized spacial score (nSPS) is 11.7. The van der Waals surface area contributed by atoms with Crippen LogP contribution < -0.4 is 15.4 Å². The number of ether oxygens (including phenoxy) is 2. The van der Waals surface area contributed by atoms with Crippen LogP contribution in [0.5, 0.6) is 5.75 Å². The van der Waals surface area contributed by atoms with Crippen LogP contribution in [0.15, 0.2) is 27.7 Å². The van der Waals surface area contributed by atoms with E-state index < -0.39 is 0 Å². The molecule has 2 N–H and O–H groups in total. The van der Waals surface area contributed by atoms with Gasteiger partial charge in [0.1, 0.15) is 5.75 Å². The first-order chi connectivity index (χ1) is 14.0. The number of rotatable bonds is 11. The molecule has 8 nitrogen and oxygen atoms in total. The fourth-order valence-corrected chi connectivity index (χ4v) is 2.62. The number of aromatic nitrogens is 2. The lowest BCUT2D eigenvalue weighted by atomic mass is 10.1. The van der Waals surface area contributed by atoms with Crippen LogP contribution in [-0.4, -0.2) is 50.0 Å². The van der Waals surface area contributed by atoms with Crippen LogP contribution in [0.1, 0.15) is 49.0 Å². The topological polar surface area (TPSA) is 93.8 Å². The van der Waals surface area contributed by atoms with Gasteiger partial charge in [0, 0.05) is 58.2 Å². The van der Waals surface area contributed by atoms with Crippen LogP contribution >= 0.6 is 0 Å². The van der Waals surface area contributed by atoms with Gasteiger partial charge >= 0.3 is 0 Å². The summed E-state index contributed by atoms with van der Waals surface area (Å²) in [4.78, 5) is 8.66. The number of guanidine groups is 1. The van der Waals surface area contributed by atoms with Crippen LogP contribution in [0.25, 0.3) is 0 Å². The van der Waals surface area contributed by atoms with Crippen molar-refractivity contribution in [2.75, 3.05) is 33.9 Å². The Labute approximate surface area is 173 Å². The molecule has 0 radical (unpaired) electrons. The van der Waals surface area contributed by atoms with Crippen LogP contribution in [0, 0.1) is 6.92 Å². The molecule has 0 atom stereocenters. The van der Waals surface area contributed by atoms with E-state index in [1.165, 1.54) is 5.56 Å². The second kappa shape index (κ2) is 12.1. The number of methoxy groups -OCH3 is 1. The van der Waals surface area contributed by atoms with Crippen molar-refractivity contribution in [1.82, 2.24) is 20.8 Å². The lowest BCUT2D eigenvalue weighted by Crippen LogP contribution is -2.38. The summed E-state index contributed by atoms with van der Waals surface area (Å²) in [6.45, 7) is 8.71. The largest absolute Gasteiger partial charge is 0.493 e. The molecule has 1 heterocycles. The van der Waals surface area contributed by atoms with Gasteiger partial charge in [-0.25, -0.2) is 0 Å². The minimum absolute atomic E-state index is 0.260. The van der Waals surface area contributed by atoms with E-state index in [2.05, 4.69) is 50.9 Å². The highest BCUT2D eigenvalue weighted by atomic mass is 16.5. The number of benzene rings is 1. The van der Waals surface area contributed by atoms with Crippen molar-refractivity contribution in [2.45, 2.75) is 46.1 Å². The number of aryl methyl sites for hydroxylation is 1. The summed E-state index contributed by atoms with van der Waals surface area (Å²) < 4.78 is 16.3. The minimum atomic E-state index is 0.260. The monoisotopic (exact) mass is 403 g/mol. The van der Waals surface area contributed by atoms with Gasteiger partial charge in [0.05, 0.1) is 6.61 Å². The summed E-state index contributed by atoms with van der Waals surface area (Å²) in [6.07, 6.45) is 1.49. The zero-order valence-corrected chi connectivity index (χ0v) is 18.1. The summed E-state index contributed by atoms with van der Waals surface area (Å²) in [6, 6.07) is 6.21. The fourth-order valence-electron chi connectivity index (χ4n) is 2.62. The van der Waals surface area contributed by atoms with Gasteiger partial charge in [0.2, 0.25) is 5.89 Å². The van der Waals surface area contributed by atoms with E-state index in [4.69, 9.17) is 14.0 Å². The number of nitrogens with one attached hydrogen (secondary N) is 2. The summed E-state index contributed by atoms with van der Waals surface area (Å²) >= 11 is 0. The number of aliphatic imine (C=N–C) groups is 1. The Morgan fingerprint density at radius 3 is 2.76 bits per heavy atom. The SMILES string of the molecule is CN=C(NCCc1nc(C(C)C)no1)NCc1ccc(C)cc1OCCCOC. The van der Waals surface area contributed by atoms with Gasteiger partial charge in [-0.2, -0.15) is 4.98 Å². The molecule has 1 aromatic carbocycles. The van der Waals surface area contributed by atoms with Crippen LogP contribution in [0.4, 0.5) is 0 Å². The third-order valence-corrected chi connectivity index (χ3v) is 4.27. The van der Waals surface area contributed by atoms with E-state index in [-0.39, 0.29) is 5.92 Å².